The van der Waals surface area contributed by atoms with Crippen LogP contribution >= 0.6 is 0 Å². The molecule has 1 aliphatic carbocycles. The first-order valence-electron chi connectivity index (χ1n) is 3.63. The molecule has 2 N–H and O–H groups in total. The van der Waals surface area contributed by atoms with E-state index in [4.69, 9.17) is 19.7 Å². The van der Waals surface area contributed by atoms with Gasteiger partial charge < -0.3 is 10.2 Å². The van der Waals surface area contributed by atoms with Gasteiger partial charge in [0.2, 0.25) is 0 Å². The van der Waals surface area contributed by atoms with Crippen molar-refractivity contribution in [3.05, 3.63) is 12.2 Å². The van der Waals surface area contributed by atoms with Gasteiger partial charge in [-0.05, 0) is 12.8 Å². The highest BCUT2D eigenvalue weighted by Crippen LogP contribution is 2.31. The average Bonchev–Trinajstić information content (AvgIpc) is 2.21. The highest BCUT2D eigenvalue weighted by molar-refractivity contribution is 4.98. The van der Waals surface area contributed by atoms with Crippen LogP contribution in [0.2, 0.25) is 0 Å². The summed E-state index contributed by atoms with van der Waals surface area (Å²) in [4.78, 5) is 0. The monoisotopic (exact) mass is 158 g/mol. The highest BCUT2D eigenvalue weighted by Gasteiger charge is 2.45. The molecular weight excluding hydrogens is 148 g/mol. The fraction of sp³-hybridized carbons (Fsp3) is 0.714. The largest absolute Gasteiger partial charge is 0.408 e. The molecule has 0 unspecified atom stereocenters. The Morgan fingerprint density at radius 2 is 1.55 bits per heavy atom. The van der Waals surface area contributed by atoms with Gasteiger partial charge in [-0.25, -0.2) is 0 Å². The molecule has 0 saturated carbocycles. The zero-order valence-corrected chi connectivity index (χ0v) is 5.93. The summed E-state index contributed by atoms with van der Waals surface area (Å²) in [5.41, 5.74) is 0. The molecule has 0 spiro atoms. The minimum absolute atomic E-state index is 0.199. The summed E-state index contributed by atoms with van der Waals surface area (Å²) in [6, 6.07) is 0. The van der Waals surface area contributed by atoms with E-state index in [1.54, 1.807) is 0 Å². The van der Waals surface area contributed by atoms with E-state index in [9.17, 15) is 0 Å². The van der Waals surface area contributed by atoms with Gasteiger partial charge in [0.15, 0.2) is 0 Å². The molecule has 1 saturated heterocycles. The number of hydrogen-bond donors (Lipinski definition) is 2. The first-order chi connectivity index (χ1) is 5.17. The molecule has 1 aliphatic heterocycles. The first kappa shape index (κ1) is 7.24. The van der Waals surface area contributed by atoms with Crippen LogP contribution in [0.15, 0.2) is 12.2 Å². The molecule has 2 atom stereocenters. The van der Waals surface area contributed by atoms with Crippen molar-refractivity contribution in [2.24, 2.45) is 0 Å². The molecule has 4 heteroatoms. The van der Waals surface area contributed by atoms with Crippen molar-refractivity contribution >= 4 is 0 Å². The maximum atomic E-state index is 8.91. The normalized spacial score (nSPS) is 40.5. The molecule has 0 aromatic carbocycles. The summed E-state index contributed by atoms with van der Waals surface area (Å²) in [6.07, 6.45) is 2.52. The summed E-state index contributed by atoms with van der Waals surface area (Å²) in [5, 5.41) is 17.8. The molecule has 0 radical (unpaired) electrons. The van der Waals surface area contributed by atoms with Gasteiger partial charge in [-0.2, -0.15) is 0 Å². The topological polar surface area (TPSA) is 58.9 Å². The molecule has 11 heavy (non-hydrogen) atoms. The zero-order valence-electron chi connectivity index (χ0n) is 5.93. The van der Waals surface area contributed by atoms with E-state index in [-0.39, 0.29) is 12.2 Å². The van der Waals surface area contributed by atoms with Gasteiger partial charge in [0.25, 0.3) is 0 Å². The van der Waals surface area contributed by atoms with Crippen LogP contribution < -0.4 is 0 Å². The van der Waals surface area contributed by atoms with Crippen LogP contribution in [0.5, 0.6) is 0 Å². The van der Waals surface area contributed by atoms with E-state index in [0.717, 1.165) is 0 Å². The van der Waals surface area contributed by atoms with Gasteiger partial charge in [-0.3, -0.25) is 9.47 Å². The van der Waals surface area contributed by atoms with Crippen molar-refractivity contribution in [3.63, 3.8) is 0 Å². The fourth-order valence-corrected chi connectivity index (χ4v) is 1.43. The summed E-state index contributed by atoms with van der Waals surface area (Å²) in [5.74, 6) is 0. The third-order valence-corrected chi connectivity index (χ3v) is 1.93. The molecule has 2 rings (SSSR count). The van der Waals surface area contributed by atoms with Crippen LogP contribution in [0, 0.1) is 0 Å². The minimum Gasteiger partial charge on any atom is -0.319 e. The highest BCUT2D eigenvalue weighted by atomic mass is 17.0. The van der Waals surface area contributed by atoms with Crippen LogP contribution in [0.1, 0.15) is 12.8 Å². The molecule has 62 valence electrons. The molecule has 4 nitrogen and oxygen atoms in total. The first-order valence-corrected chi connectivity index (χ1v) is 3.63. The number of rotatable bonds is 0. The van der Waals surface area contributed by atoms with Crippen LogP contribution in [0.25, 0.3) is 0 Å². The molecule has 0 aromatic heterocycles. The van der Waals surface area contributed by atoms with Gasteiger partial charge in [0.05, 0.1) is 12.2 Å². The Labute approximate surface area is 64.0 Å². The Morgan fingerprint density at radius 1 is 1.09 bits per heavy atom. The second kappa shape index (κ2) is 2.28. The quantitative estimate of drug-likeness (QED) is 0.376. The number of fused-ring (bicyclic) bond motifs is 1. The minimum atomic E-state index is -2.36. The van der Waals surface area contributed by atoms with Crippen molar-refractivity contribution in [1.29, 1.82) is 0 Å². The van der Waals surface area contributed by atoms with E-state index in [1.807, 2.05) is 12.2 Å². The van der Waals surface area contributed by atoms with Crippen molar-refractivity contribution < 1.29 is 19.7 Å². The van der Waals surface area contributed by atoms with Gasteiger partial charge in [-0.15, -0.1) is 0 Å². The lowest BCUT2D eigenvalue weighted by atomic mass is 10.0. The standard InChI is InChI=1S/C7H10O4/c8-7(9)10-5-3-1-2-4-6(5)11-7/h1-2,5-6,8-9H,3-4H2/t5-,6+. The van der Waals surface area contributed by atoms with Crippen LogP contribution in [0.3, 0.4) is 0 Å². The third-order valence-electron chi connectivity index (χ3n) is 1.93. The van der Waals surface area contributed by atoms with E-state index in [0.29, 0.717) is 12.8 Å². The Kier molecular flexibility index (Phi) is 1.50. The molecule has 1 fully saturated rings. The van der Waals surface area contributed by atoms with Gasteiger partial charge in [-0.1, -0.05) is 12.2 Å². The number of hydrogen-bond acceptors (Lipinski definition) is 4. The molecular formula is C7H10O4. The Morgan fingerprint density at radius 3 is 2.00 bits per heavy atom. The van der Waals surface area contributed by atoms with Gasteiger partial charge in [0.1, 0.15) is 0 Å². The summed E-state index contributed by atoms with van der Waals surface area (Å²) >= 11 is 0. The predicted molar refractivity (Wildman–Crippen MR) is 35.3 cm³/mol. The Balaban J connectivity index is 2.09. The van der Waals surface area contributed by atoms with E-state index in [2.05, 4.69) is 0 Å². The van der Waals surface area contributed by atoms with E-state index >= 15 is 0 Å². The average molecular weight is 158 g/mol. The lowest BCUT2D eigenvalue weighted by Crippen LogP contribution is -2.29. The van der Waals surface area contributed by atoms with Crippen molar-refractivity contribution in [1.82, 2.24) is 0 Å². The summed E-state index contributed by atoms with van der Waals surface area (Å²) in [7, 11) is 0. The maximum absolute atomic E-state index is 8.91. The molecule has 2 aliphatic rings. The van der Waals surface area contributed by atoms with E-state index < -0.39 is 6.16 Å². The predicted octanol–water partition coefficient (Wildman–Crippen LogP) is -0.284. The lowest BCUT2D eigenvalue weighted by molar-refractivity contribution is -0.437. The molecule has 0 bridgehead atoms. The maximum Gasteiger partial charge on any atom is 0.408 e. The molecule has 0 aromatic rings. The summed E-state index contributed by atoms with van der Waals surface area (Å²) < 4.78 is 9.58. The smallest absolute Gasteiger partial charge is 0.319 e. The van der Waals surface area contributed by atoms with Crippen LogP contribution in [0.4, 0.5) is 0 Å². The fourth-order valence-electron chi connectivity index (χ4n) is 1.43. The summed E-state index contributed by atoms with van der Waals surface area (Å²) in [6.45, 7) is 0. The SMILES string of the molecule is OC1(O)O[C@H]2CC=CC[C@H]2O1. The molecule has 0 amide bonds. The number of aliphatic hydroxyl groups is 2. The Hall–Kier alpha value is -0.420. The second-order valence-corrected chi connectivity index (χ2v) is 2.80. The van der Waals surface area contributed by atoms with Gasteiger partial charge in [0, 0.05) is 0 Å². The Bertz CT molecular complexity index is 169. The van der Waals surface area contributed by atoms with Crippen LogP contribution in [-0.4, -0.2) is 28.6 Å². The second-order valence-electron chi connectivity index (χ2n) is 2.80. The van der Waals surface area contributed by atoms with Crippen molar-refractivity contribution in [2.75, 3.05) is 0 Å². The van der Waals surface area contributed by atoms with Gasteiger partial charge >= 0.3 is 6.16 Å². The zero-order chi connectivity index (χ0) is 7.90. The third kappa shape index (κ3) is 1.30. The molecule has 1 heterocycles. The van der Waals surface area contributed by atoms with E-state index in [1.165, 1.54) is 0 Å². The van der Waals surface area contributed by atoms with Crippen molar-refractivity contribution in [2.45, 2.75) is 31.2 Å². The number of ether oxygens (including phenoxy) is 2. The lowest BCUT2D eigenvalue weighted by Gasteiger charge is -2.15. The van der Waals surface area contributed by atoms with Crippen LogP contribution in [-0.2, 0) is 9.47 Å². The van der Waals surface area contributed by atoms with Crippen molar-refractivity contribution in [3.8, 4) is 0 Å².